The van der Waals surface area contributed by atoms with E-state index in [1.54, 1.807) is 0 Å². The predicted octanol–water partition coefficient (Wildman–Crippen LogP) is 3.34. The molecule has 2 aromatic carbocycles. The lowest BCUT2D eigenvalue weighted by molar-refractivity contribution is 0.273. The van der Waals surface area contributed by atoms with Gasteiger partial charge in [-0.15, -0.1) is 0 Å². The quantitative estimate of drug-likeness (QED) is 0.688. The van der Waals surface area contributed by atoms with Gasteiger partial charge in [0.1, 0.15) is 0 Å². The summed E-state index contributed by atoms with van der Waals surface area (Å²) in [5.41, 5.74) is 0. The second-order valence-corrected chi connectivity index (χ2v) is 11.1. The smallest absolute Gasteiger partial charge is 0.207 e. The highest BCUT2D eigenvalue weighted by atomic mass is 35.5. The van der Waals surface area contributed by atoms with E-state index in [1.165, 1.54) is 51.1 Å². The van der Waals surface area contributed by atoms with Crippen molar-refractivity contribution in [2.75, 3.05) is 26.2 Å². The summed E-state index contributed by atoms with van der Waals surface area (Å²) in [5, 5.41) is 0.861. The highest BCUT2D eigenvalue weighted by Crippen LogP contribution is 2.26. The molecule has 6 nitrogen and oxygen atoms in total. The molecule has 0 bridgehead atoms. The third-order valence-corrected chi connectivity index (χ3v) is 8.60. The molecule has 146 valence electrons. The molecule has 0 atom stereocenters. The third kappa shape index (κ3) is 4.42. The molecule has 0 amide bonds. The van der Waals surface area contributed by atoms with Gasteiger partial charge in [0.2, 0.25) is 20.0 Å². The average Bonchev–Trinajstić information content (AvgIpc) is 2.61. The summed E-state index contributed by atoms with van der Waals surface area (Å²) in [6.07, 6.45) is 0. The molecule has 0 radical (unpaired) electrons. The van der Waals surface area contributed by atoms with Crippen molar-refractivity contribution in [1.29, 1.82) is 0 Å². The number of sulfonamides is 2. The van der Waals surface area contributed by atoms with Gasteiger partial charge in [0.15, 0.2) is 0 Å². The molecule has 11 heteroatoms. The van der Waals surface area contributed by atoms with Crippen molar-refractivity contribution in [3.8, 4) is 0 Å². The molecule has 1 fully saturated rings. The molecule has 0 unspecified atom stereocenters. The first-order chi connectivity index (χ1) is 12.6. The Morgan fingerprint density at radius 3 is 1.44 bits per heavy atom. The number of benzene rings is 2. The van der Waals surface area contributed by atoms with Crippen LogP contribution in [0.25, 0.3) is 0 Å². The van der Waals surface area contributed by atoms with Gasteiger partial charge in [0, 0.05) is 41.2 Å². The molecular weight excluding hydrogens is 455 g/mol. The van der Waals surface area contributed by atoms with E-state index < -0.39 is 20.0 Å². The van der Waals surface area contributed by atoms with Gasteiger partial charge in [0.25, 0.3) is 0 Å². The summed E-state index contributed by atoms with van der Waals surface area (Å²) >= 11 is 17.6. The third-order valence-electron chi connectivity index (χ3n) is 4.12. The minimum atomic E-state index is -3.82. The van der Waals surface area contributed by atoms with Crippen molar-refractivity contribution in [2.45, 2.75) is 9.79 Å². The highest BCUT2D eigenvalue weighted by Gasteiger charge is 2.34. The summed E-state index contributed by atoms with van der Waals surface area (Å²) in [5.74, 6) is 0. The standard InChI is InChI=1S/C16H15Cl3N2O4S2/c17-12-1-3-15(4-2-12)26(22,23)20-5-7-21(8-6-20)27(24,25)16-10-13(18)9-14(19)11-16/h1-4,9-11H,5-8H2. The fourth-order valence-electron chi connectivity index (χ4n) is 2.73. The summed E-state index contributed by atoms with van der Waals surface area (Å²) in [6.45, 7) is 0.134. The van der Waals surface area contributed by atoms with E-state index in [4.69, 9.17) is 34.8 Å². The van der Waals surface area contributed by atoms with E-state index >= 15 is 0 Å². The predicted molar refractivity (Wildman–Crippen MR) is 105 cm³/mol. The largest absolute Gasteiger partial charge is 0.243 e. The van der Waals surface area contributed by atoms with Crippen LogP contribution in [0.15, 0.2) is 52.3 Å². The summed E-state index contributed by atoms with van der Waals surface area (Å²) in [7, 11) is -7.54. The van der Waals surface area contributed by atoms with Crippen molar-refractivity contribution in [2.24, 2.45) is 0 Å². The number of nitrogens with zero attached hydrogens (tertiary/aromatic N) is 2. The molecule has 1 saturated heterocycles. The minimum Gasteiger partial charge on any atom is -0.207 e. The van der Waals surface area contributed by atoms with Crippen LogP contribution in [0.4, 0.5) is 0 Å². The lowest BCUT2D eigenvalue weighted by atomic mass is 10.4. The topological polar surface area (TPSA) is 74.8 Å². The van der Waals surface area contributed by atoms with E-state index in [1.807, 2.05) is 0 Å². The molecule has 0 spiro atoms. The summed E-state index contributed by atoms with van der Waals surface area (Å²) in [4.78, 5) is 0.0961. The zero-order valence-corrected chi connectivity index (χ0v) is 17.7. The van der Waals surface area contributed by atoms with Crippen LogP contribution < -0.4 is 0 Å². The van der Waals surface area contributed by atoms with Crippen LogP contribution in [-0.4, -0.2) is 51.6 Å². The van der Waals surface area contributed by atoms with Gasteiger partial charge in [-0.05, 0) is 42.5 Å². The Kier molecular flexibility index (Phi) is 6.08. The zero-order chi connectivity index (χ0) is 19.8. The Bertz CT molecular complexity index is 1030. The molecule has 2 aromatic rings. The maximum absolute atomic E-state index is 12.8. The maximum atomic E-state index is 12.8. The van der Waals surface area contributed by atoms with Gasteiger partial charge in [-0.25, -0.2) is 16.8 Å². The van der Waals surface area contributed by atoms with E-state index in [2.05, 4.69) is 0 Å². The second kappa shape index (κ2) is 7.87. The van der Waals surface area contributed by atoms with Crippen LogP contribution in [0.2, 0.25) is 15.1 Å². The molecule has 1 aliphatic rings. The molecule has 1 heterocycles. The number of piperazine rings is 1. The average molecular weight is 470 g/mol. The number of rotatable bonds is 4. The number of halogens is 3. The number of hydrogen-bond acceptors (Lipinski definition) is 4. The van der Waals surface area contributed by atoms with E-state index in [0.717, 1.165) is 0 Å². The van der Waals surface area contributed by atoms with Crippen molar-refractivity contribution in [3.05, 3.63) is 57.5 Å². The fraction of sp³-hybridized carbons (Fsp3) is 0.250. The number of hydrogen-bond donors (Lipinski definition) is 0. The van der Waals surface area contributed by atoms with Crippen molar-refractivity contribution < 1.29 is 16.8 Å². The summed E-state index contributed by atoms with van der Waals surface area (Å²) < 4.78 is 53.4. The Morgan fingerprint density at radius 1 is 0.593 bits per heavy atom. The molecule has 0 aliphatic carbocycles. The van der Waals surface area contributed by atoms with Gasteiger partial charge in [-0.2, -0.15) is 8.61 Å². The van der Waals surface area contributed by atoms with Crippen LogP contribution in [0.5, 0.6) is 0 Å². The molecule has 3 rings (SSSR count). The first kappa shape index (κ1) is 20.9. The van der Waals surface area contributed by atoms with E-state index in [-0.39, 0.29) is 46.0 Å². The van der Waals surface area contributed by atoms with Crippen LogP contribution in [0.1, 0.15) is 0 Å². The first-order valence-corrected chi connectivity index (χ1v) is 11.8. The van der Waals surface area contributed by atoms with E-state index in [0.29, 0.717) is 5.02 Å². The SMILES string of the molecule is O=S(=O)(c1ccc(Cl)cc1)N1CCN(S(=O)(=O)c2cc(Cl)cc(Cl)c2)CC1. The summed E-state index contributed by atoms with van der Waals surface area (Å²) in [6, 6.07) is 9.93. The van der Waals surface area contributed by atoms with Crippen LogP contribution in [0, 0.1) is 0 Å². The van der Waals surface area contributed by atoms with Crippen LogP contribution >= 0.6 is 34.8 Å². The molecule has 0 aromatic heterocycles. The highest BCUT2D eigenvalue weighted by molar-refractivity contribution is 7.89. The van der Waals surface area contributed by atoms with Gasteiger partial charge >= 0.3 is 0 Å². The Balaban J connectivity index is 1.77. The van der Waals surface area contributed by atoms with E-state index in [9.17, 15) is 16.8 Å². The minimum absolute atomic E-state index is 0.0194. The van der Waals surface area contributed by atoms with Crippen molar-refractivity contribution in [1.82, 2.24) is 8.61 Å². The Morgan fingerprint density at radius 2 is 1.00 bits per heavy atom. The monoisotopic (exact) mass is 468 g/mol. The van der Waals surface area contributed by atoms with Crippen LogP contribution in [-0.2, 0) is 20.0 Å². The van der Waals surface area contributed by atoms with Gasteiger partial charge in [-0.1, -0.05) is 34.8 Å². The zero-order valence-electron chi connectivity index (χ0n) is 13.8. The van der Waals surface area contributed by atoms with Crippen molar-refractivity contribution in [3.63, 3.8) is 0 Å². The second-order valence-electron chi connectivity index (χ2n) is 5.87. The normalized spacial score (nSPS) is 17.1. The molecule has 1 aliphatic heterocycles. The fourth-order valence-corrected chi connectivity index (χ4v) is 6.43. The Hall–Kier alpha value is -0.870. The molecule has 27 heavy (non-hydrogen) atoms. The molecular formula is C16H15Cl3N2O4S2. The lowest BCUT2D eigenvalue weighted by Gasteiger charge is -2.33. The van der Waals surface area contributed by atoms with Gasteiger partial charge in [0.05, 0.1) is 9.79 Å². The maximum Gasteiger partial charge on any atom is 0.243 e. The van der Waals surface area contributed by atoms with Gasteiger partial charge < -0.3 is 0 Å². The van der Waals surface area contributed by atoms with Crippen molar-refractivity contribution >= 4 is 54.8 Å². The molecule has 0 N–H and O–H groups in total. The molecule has 0 saturated carbocycles. The Labute approximate surface area is 173 Å². The van der Waals surface area contributed by atoms with Gasteiger partial charge in [-0.3, -0.25) is 0 Å². The van der Waals surface area contributed by atoms with Crippen LogP contribution in [0.3, 0.4) is 0 Å². The first-order valence-electron chi connectivity index (χ1n) is 7.83. The lowest BCUT2D eigenvalue weighted by Crippen LogP contribution is -2.50.